The molecule has 2 saturated carbocycles. The van der Waals surface area contributed by atoms with Gasteiger partial charge in [0.05, 0.1) is 0 Å². The van der Waals surface area contributed by atoms with Crippen LogP contribution in [0.3, 0.4) is 0 Å². The van der Waals surface area contributed by atoms with Crippen LogP contribution in [0.1, 0.15) is 76.2 Å². The van der Waals surface area contributed by atoms with E-state index in [-0.39, 0.29) is 0 Å². The second-order valence-electron chi connectivity index (χ2n) is 8.67. The predicted octanol–water partition coefficient (Wildman–Crippen LogP) is 8.42. The molecule has 2 aliphatic carbocycles. The van der Waals surface area contributed by atoms with Gasteiger partial charge in [0.15, 0.2) is 0 Å². The maximum absolute atomic E-state index is 5.98. The lowest BCUT2D eigenvalue weighted by atomic mass is 9.68. The number of rotatable bonds is 7. The van der Waals surface area contributed by atoms with Crippen LogP contribution in [0.25, 0.3) is 0 Å². The summed E-state index contributed by atoms with van der Waals surface area (Å²) in [4.78, 5) is 0. The van der Waals surface area contributed by atoms with Gasteiger partial charge in [-0.15, -0.1) is 0 Å². The number of allylic oxidation sites excluding steroid dienone is 1. The van der Waals surface area contributed by atoms with Crippen LogP contribution in [0.4, 0.5) is 0 Å². The van der Waals surface area contributed by atoms with Gasteiger partial charge in [-0.25, -0.2) is 0 Å². The van der Waals surface area contributed by atoms with E-state index >= 15 is 0 Å². The van der Waals surface area contributed by atoms with Gasteiger partial charge >= 0.3 is 0 Å². The van der Waals surface area contributed by atoms with Gasteiger partial charge in [0.25, 0.3) is 0 Å². The van der Waals surface area contributed by atoms with E-state index in [0.29, 0.717) is 0 Å². The normalized spacial score (nSPS) is 29.9. The molecule has 0 N–H and O–H groups in total. The monoisotopic (exact) mass is 392 g/mol. The van der Waals surface area contributed by atoms with Crippen LogP contribution in [0, 0.1) is 23.7 Å². The van der Waals surface area contributed by atoms with E-state index in [9.17, 15) is 0 Å². The van der Waals surface area contributed by atoms with Crippen molar-refractivity contribution in [1.29, 1.82) is 0 Å². The van der Waals surface area contributed by atoms with Crippen molar-refractivity contribution in [3.8, 4) is 0 Å². The molecule has 3 rings (SSSR count). The molecule has 0 saturated heterocycles. The summed E-state index contributed by atoms with van der Waals surface area (Å²) in [6.45, 7) is 0. The van der Waals surface area contributed by atoms with E-state index in [1.807, 2.05) is 12.1 Å². The summed E-state index contributed by atoms with van der Waals surface area (Å²) in [6, 6.07) is 8.43. The Morgan fingerprint density at radius 2 is 1.31 bits per heavy atom. The summed E-state index contributed by atoms with van der Waals surface area (Å²) in [5, 5.41) is 0.847. The first kappa shape index (κ1) is 20.3. The minimum atomic E-state index is 0.847. The Labute approximate surface area is 170 Å². The van der Waals surface area contributed by atoms with E-state index in [1.54, 1.807) is 5.54 Å². The Morgan fingerprint density at radius 1 is 0.769 bits per heavy atom. The lowest BCUT2D eigenvalue weighted by molar-refractivity contribution is 0.141. The van der Waals surface area contributed by atoms with E-state index in [2.05, 4.69) is 18.2 Å². The molecule has 0 heterocycles. The minimum absolute atomic E-state index is 0.847. The molecule has 0 aliphatic heterocycles. The highest BCUT2D eigenvalue weighted by molar-refractivity contribution is 6.30. The van der Waals surface area contributed by atoms with Gasteiger partial charge in [0.1, 0.15) is 0 Å². The largest absolute Gasteiger partial charge is 0.0933 e. The molecule has 26 heavy (non-hydrogen) atoms. The molecular weight excluding hydrogens is 359 g/mol. The number of aryl methyl sites for hydroxylation is 1. The van der Waals surface area contributed by atoms with Crippen molar-refractivity contribution in [2.24, 2.45) is 23.7 Å². The minimum Gasteiger partial charge on any atom is -0.0933 e. The quantitative estimate of drug-likeness (QED) is 0.436. The van der Waals surface area contributed by atoms with Crippen LogP contribution >= 0.6 is 23.2 Å². The van der Waals surface area contributed by atoms with Crippen molar-refractivity contribution in [2.45, 2.75) is 77.0 Å². The van der Waals surface area contributed by atoms with Crippen LogP contribution in [-0.4, -0.2) is 0 Å². The van der Waals surface area contributed by atoms with Gasteiger partial charge in [0.2, 0.25) is 0 Å². The lowest BCUT2D eigenvalue weighted by Crippen LogP contribution is -2.26. The number of halogens is 2. The SMILES string of the molecule is Cl/C=C/CC[C@H]1CC[C@H]([C@H]2CC[C@H](CCc3ccc(Cl)cc3)CC2)CC1. The van der Waals surface area contributed by atoms with E-state index < -0.39 is 0 Å². The van der Waals surface area contributed by atoms with Crippen LogP contribution in [-0.2, 0) is 6.42 Å². The Hall–Kier alpha value is -0.460. The summed E-state index contributed by atoms with van der Waals surface area (Å²) in [5.74, 6) is 3.94. The molecule has 2 fully saturated rings. The number of benzene rings is 1. The van der Waals surface area contributed by atoms with Crippen molar-refractivity contribution < 1.29 is 0 Å². The van der Waals surface area contributed by atoms with Crippen molar-refractivity contribution in [3.05, 3.63) is 46.5 Å². The van der Waals surface area contributed by atoms with Crippen LogP contribution in [0.5, 0.6) is 0 Å². The van der Waals surface area contributed by atoms with Crippen LogP contribution < -0.4 is 0 Å². The average molecular weight is 393 g/mol. The second-order valence-corrected chi connectivity index (χ2v) is 9.35. The fraction of sp³-hybridized carbons (Fsp3) is 0.667. The first-order chi connectivity index (χ1) is 12.7. The molecule has 1 aromatic rings. The fourth-order valence-electron chi connectivity index (χ4n) is 5.31. The van der Waals surface area contributed by atoms with Crippen molar-refractivity contribution >= 4 is 23.2 Å². The van der Waals surface area contributed by atoms with Crippen LogP contribution in [0.15, 0.2) is 35.9 Å². The molecule has 0 unspecified atom stereocenters. The van der Waals surface area contributed by atoms with Gasteiger partial charge in [-0.05, 0) is 92.7 Å². The van der Waals surface area contributed by atoms with Crippen molar-refractivity contribution in [3.63, 3.8) is 0 Å². The van der Waals surface area contributed by atoms with E-state index in [1.165, 1.54) is 76.2 Å². The third-order valence-electron chi connectivity index (χ3n) is 7.03. The topological polar surface area (TPSA) is 0 Å². The third kappa shape index (κ3) is 6.31. The molecule has 0 nitrogen and oxygen atoms in total. The third-order valence-corrected chi connectivity index (χ3v) is 7.46. The Kier molecular flexibility index (Phi) is 8.40. The van der Waals surface area contributed by atoms with Gasteiger partial charge in [-0.3, -0.25) is 0 Å². The zero-order valence-electron chi connectivity index (χ0n) is 16.0. The fourth-order valence-corrected chi connectivity index (χ4v) is 5.57. The van der Waals surface area contributed by atoms with Gasteiger partial charge in [-0.1, -0.05) is 67.1 Å². The highest BCUT2D eigenvalue weighted by atomic mass is 35.5. The van der Waals surface area contributed by atoms with Crippen molar-refractivity contribution in [1.82, 2.24) is 0 Å². The number of hydrogen-bond donors (Lipinski definition) is 0. The Morgan fingerprint density at radius 3 is 1.85 bits per heavy atom. The summed E-state index contributed by atoms with van der Waals surface area (Å²) in [5.41, 5.74) is 3.12. The summed E-state index contributed by atoms with van der Waals surface area (Å²) >= 11 is 11.6. The zero-order chi connectivity index (χ0) is 18.2. The second kappa shape index (κ2) is 10.8. The van der Waals surface area contributed by atoms with Gasteiger partial charge in [0, 0.05) is 10.6 Å². The number of hydrogen-bond acceptors (Lipinski definition) is 0. The highest BCUT2D eigenvalue weighted by Crippen LogP contribution is 2.43. The summed E-state index contributed by atoms with van der Waals surface area (Å²) in [6.07, 6.45) is 18.9. The van der Waals surface area contributed by atoms with E-state index in [0.717, 1.165) is 35.1 Å². The molecule has 2 aliphatic rings. The first-order valence-electron chi connectivity index (χ1n) is 10.7. The van der Waals surface area contributed by atoms with Crippen LogP contribution in [0.2, 0.25) is 5.02 Å². The average Bonchev–Trinajstić information content (AvgIpc) is 2.69. The highest BCUT2D eigenvalue weighted by Gasteiger charge is 2.30. The molecule has 0 amide bonds. The first-order valence-corrected chi connectivity index (χ1v) is 11.6. The molecule has 0 aromatic heterocycles. The molecule has 0 spiro atoms. The molecule has 2 heteroatoms. The summed E-state index contributed by atoms with van der Waals surface area (Å²) < 4.78 is 0. The molecule has 1 aromatic carbocycles. The zero-order valence-corrected chi connectivity index (χ0v) is 17.5. The molecule has 144 valence electrons. The molecule has 0 radical (unpaired) electrons. The molecule has 0 bridgehead atoms. The Balaban J connectivity index is 1.33. The standard InChI is InChI=1S/C24H34Cl2/c25-18-2-1-3-19-6-12-22(13-7-19)23-14-8-20(9-15-23)4-5-21-10-16-24(26)17-11-21/h2,10-11,16-20,22-23H,1,3-9,12-15H2/b18-2+/t19-,20-,22-,23-. The smallest absolute Gasteiger partial charge is 0.0406 e. The maximum Gasteiger partial charge on any atom is 0.0406 e. The van der Waals surface area contributed by atoms with Crippen molar-refractivity contribution in [2.75, 3.05) is 0 Å². The van der Waals surface area contributed by atoms with Gasteiger partial charge in [-0.2, -0.15) is 0 Å². The maximum atomic E-state index is 5.98. The van der Waals surface area contributed by atoms with Gasteiger partial charge < -0.3 is 0 Å². The molecular formula is C24H34Cl2. The lowest BCUT2D eigenvalue weighted by Gasteiger charge is -2.38. The summed E-state index contributed by atoms with van der Waals surface area (Å²) in [7, 11) is 0. The Bertz CT molecular complexity index is 532. The van der Waals surface area contributed by atoms with E-state index in [4.69, 9.17) is 23.2 Å². The predicted molar refractivity (Wildman–Crippen MR) is 115 cm³/mol. The molecule has 0 atom stereocenters.